The van der Waals surface area contributed by atoms with Gasteiger partial charge in [-0.25, -0.2) is 0 Å². The zero-order chi connectivity index (χ0) is 10.9. The Bertz CT molecular complexity index is 347. The third-order valence-electron chi connectivity index (χ3n) is 3.05. The fourth-order valence-corrected chi connectivity index (χ4v) is 2.40. The van der Waals surface area contributed by atoms with Gasteiger partial charge in [0.1, 0.15) is 0 Å². The zero-order valence-corrected chi connectivity index (χ0v) is 9.71. The molecule has 15 heavy (non-hydrogen) atoms. The molecular formula is C14H20O. The Morgan fingerprint density at radius 3 is 2.47 bits per heavy atom. The molecule has 0 amide bonds. The minimum atomic E-state index is -0.594. The fraction of sp³-hybridized carbons (Fsp3) is 0.571. The normalized spacial score (nSPS) is 16.2. The molecule has 1 nitrogen and oxygen atoms in total. The maximum atomic E-state index is 9.78. The SMILES string of the molecule is CC(C)(O)Cc1ccc2c(c1)CCCC2. The van der Waals surface area contributed by atoms with Crippen molar-refractivity contribution in [2.45, 2.75) is 51.6 Å². The molecule has 0 spiro atoms. The highest BCUT2D eigenvalue weighted by Crippen LogP contribution is 2.23. The Kier molecular flexibility index (Phi) is 2.83. The molecule has 0 bridgehead atoms. The van der Waals surface area contributed by atoms with Crippen LogP contribution < -0.4 is 0 Å². The standard InChI is InChI=1S/C14H20O/c1-14(2,15)10-11-7-8-12-5-3-4-6-13(12)9-11/h7-9,15H,3-6,10H2,1-2H3. The van der Waals surface area contributed by atoms with Crippen molar-refractivity contribution < 1.29 is 5.11 Å². The van der Waals surface area contributed by atoms with Crippen LogP contribution in [0, 0.1) is 0 Å². The van der Waals surface area contributed by atoms with Crippen LogP contribution >= 0.6 is 0 Å². The van der Waals surface area contributed by atoms with Crippen molar-refractivity contribution in [3.8, 4) is 0 Å². The average Bonchev–Trinajstić information content (AvgIpc) is 2.15. The lowest BCUT2D eigenvalue weighted by Crippen LogP contribution is -2.22. The van der Waals surface area contributed by atoms with Gasteiger partial charge in [0.05, 0.1) is 5.60 Å². The number of aliphatic hydroxyl groups is 1. The van der Waals surface area contributed by atoms with E-state index in [1.165, 1.54) is 42.4 Å². The van der Waals surface area contributed by atoms with Crippen LogP contribution in [0.25, 0.3) is 0 Å². The van der Waals surface area contributed by atoms with E-state index in [4.69, 9.17) is 0 Å². The largest absolute Gasteiger partial charge is 0.390 e. The van der Waals surface area contributed by atoms with E-state index < -0.39 is 5.60 Å². The summed E-state index contributed by atoms with van der Waals surface area (Å²) in [7, 11) is 0. The zero-order valence-electron chi connectivity index (χ0n) is 9.71. The summed E-state index contributed by atoms with van der Waals surface area (Å²) in [6.07, 6.45) is 5.85. The first-order chi connectivity index (χ1) is 7.04. The highest BCUT2D eigenvalue weighted by molar-refractivity contribution is 5.34. The molecule has 0 heterocycles. The van der Waals surface area contributed by atoms with Crippen molar-refractivity contribution in [1.29, 1.82) is 0 Å². The topological polar surface area (TPSA) is 20.2 Å². The summed E-state index contributed by atoms with van der Waals surface area (Å²) in [5.41, 5.74) is 3.69. The van der Waals surface area contributed by atoms with Gasteiger partial charge in [0.2, 0.25) is 0 Å². The number of rotatable bonds is 2. The van der Waals surface area contributed by atoms with Crippen LogP contribution in [0.1, 0.15) is 43.4 Å². The molecule has 1 aliphatic rings. The summed E-state index contributed by atoms with van der Waals surface area (Å²) in [6, 6.07) is 6.70. The van der Waals surface area contributed by atoms with Crippen LogP contribution in [0.5, 0.6) is 0 Å². The smallest absolute Gasteiger partial charge is 0.0631 e. The Labute approximate surface area is 92.1 Å². The van der Waals surface area contributed by atoms with Gasteiger partial charge in [0, 0.05) is 6.42 Å². The number of hydrogen-bond acceptors (Lipinski definition) is 1. The molecule has 0 radical (unpaired) electrons. The Morgan fingerprint density at radius 2 is 1.80 bits per heavy atom. The molecule has 2 rings (SSSR count). The van der Waals surface area contributed by atoms with Crippen LogP contribution in [0.2, 0.25) is 0 Å². The Morgan fingerprint density at radius 1 is 1.13 bits per heavy atom. The molecule has 1 heteroatoms. The molecule has 0 fully saturated rings. The maximum absolute atomic E-state index is 9.78. The van der Waals surface area contributed by atoms with E-state index in [1.54, 1.807) is 0 Å². The van der Waals surface area contributed by atoms with Crippen LogP contribution in [-0.2, 0) is 19.3 Å². The van der Waals surface area contributed by atoms with E-state index in [0.717, 1.165) is 6.42 Å². The van der Waals surface area contributed by atoms with E-state index >= 15 is 0 Å². The first-order valence-electron chi connectivity index (χ1n) is 5.88. The van der Waals surface area contributed by atoms with Gasteiger partial charge >= 0.3 is 0 Å². The summed E-state index contributed by atoms with van der Waals surface area (Å²) in [5, 5.41) is 9.78. The van der Waals surface area contributed by atoms with Gasteiger partial charge in [-0.3, -0.25) is 0 Å². The highest BCUT2D eigenvalue weighted by atomic mass is 16.3. The van der Waals surface area contributed by atoms with E-state index in [1.807, 2.05) is 13.8 Å². The monoisotopic (exact) mass is 204 g/mol. The second-order valence-electron chi connectivity index (χ2n) is 5.30. The van der Waals surface area contributed by atoms with Crippen molar-refractivity contribution in [2.24, 2.45) is 0 Å². The van der Waals surface area contributed by atoms with Gasteiger partial charge in [-0.1, -0.05) is 18.2 Å². The molecule has 0 atom stereocenters. The number of hydrogen-bond donors (Lipinski definition) is 1. The quantitative estimate of drug-likeness (QED) is 0.785. The van der Waals surface area contributed by atoms with Crippen molar-refractivity contribution in [2.75, 3.05) is 0 Å². The summed E-state index contributed by atoms with van der Waals surface area (Å²) in [5.74, 6) is 0. The number of fused-ring (bicyclic) bond motifs is 1. The third kappa shape index (κ3) is 2.82. The molecule has 0 unspecified atom stereocenters. The maximum Gasteiger partial charge on any atom is 0.0631 e. The first kappa shape index (κ1) is 10.7. The number of aryl methyl sites for hydroxylation is 2. The summed E-state index contributed by atoms with van der Waals surface area (Å²) in [4.78, 5) is 0. The van der Waals surface area contributed by atoms with Crippen molar-refractivity contribution >= 4 is 0 Å². The Balaban J connectivity index is 2.21. The summed E-state index contributed by atoms with van der Waals surface area (Å²) in [6.45, 7) is 3.74. The second kappa shape index (κ2) is 3.97. The van der Waals surface area contributed by atoms with E-state index in [9.17, 15) is 5.11 Å². The van der Waals surface area contributed by atoms with Gasteiger partial charge < -0.3 is 5.11 Å². The van der Waals surface area contributed by atoms with Gasteiger partial charge in [-0.15, -0.1) is 0 Å². The van der Waals surface area contributed by atoms with Gasteiger partial charge in [-0.05, 0) is 56.2 Å². The predicted octanol–water partition coefficient (Wildman–Crippen LogP) is 2.88. The third-order valence-corrected chi connectivity index (χ3v) is 3.05. The molecule has 82 valence electrons. The second-order valence-corrected chi connectivity index (χ2v) is 5.30. The summed E-state index contributed by atoms with van der Waals surface area (Å²) >= 11 is 0. The molecule has 1 N–H and O–H groups in total. The minimum absolute atomic E-state index is 0.594. The van der Waals surface area contributed by atoms with Crippen LogP contribution in [0.15, 0.2) is 18.2 Å². The van der Waals surface area contributed by atoms with Crippen LogP contribution in [0.3, 0.4) is 0 Å². The lowest BCUT2D eigenvalue weighted by atomic mass is 9.88. The van der Waals surface area contributed by atoms with E-state index in [0.29, 0.717) is 0 Å². The fourth-order valence-electron chi connectivity index (χ4n) is 2.40. The molecular weight excluding hydrogens is 184 g/mol. The van der Waals surface area contributed by atoms with Crippen LogP contribution in [0.4, 0.5) is 0 Å². The lowest BCUT2D eigenvalue weighted by molar-refractivity contribution is 0.0810. The van der Waals surface area contributed by atoms with E-state index in [2.05, 4.69) is 18.2 Å². The van der Waals surface area contributed by atoms with Gasteiger partial charge in [0.15, 0.2) is 0 Å². The molecule has 0 aliphatic heterocycles. The van der Waals surface area contributed by atoms with Crippen molar-refractivity contribution in [3.05, 3.63) is 34.9 Å². The molecule has 1 aliphatic carbocycles. The first-order valence-corrected chi connectivity index (χ1v) is 5.88. The Hall–Kier alpha value is -0.820. The van der Waals surface area contributed by atoms with Crippen LogP contribution in [-0.4, -0.2) is 10.7 Å². The van der Waals surface area contributed by atoms with Gasteiger partial charge in [-0.2, -0.15) is 0 Å². The predicted molar refractivity (Wildman–Crippen MR) is 63.1 cm³/mol. The molecule has 0 saturated carbocycles. The van der Waals surface area contributed by atoms with E-state index in [-0.39, 0.29) is 0 Å². The van der Waals surface area contributed by atoms with Gasteiger partial charge in [0.25, 0.3) is 0 Å². The molecule has 1 aromatic carbocycles. The molecule has 1 aromatic rings. The lowest BCUT2D eigenvalue weighted by Gasteiger charge is -2.20. The molecule has 0 aromatic heterocycles. The highest BCUT2D eigenvalue weighted by Gasteiger charge is 2.15. The van der Waals surface area contributed by atoms with Crippen molar-refractivity contribution in [3.63, 3.8) is 0 Å². The summed E-state index contributed by atoms with van der Waals surface area (Å²) < 4.78 is 0. The average molecular weight is 204 g/mol. The number of benzene rings is 1. The van der Waals surface area contributed by atoms with Crippen molar-refractivity contribution in [1.82, 2.24) is 0 Å². The molecule has 0 saturated heterocycles. The minimum Gasteiger partial charge on any atom is -0.390 e.